The van der Waals surface area contributed by atoms with E-state index >= 15 is 0 Å². The first-order valence-corrected chi connectivity index (χ1v) is 13.9. The summed E-state index contributed by atoms with van der Waals surface area (Å²) in [5.74, 6) is 0.955. The van der Waals surface area contributed by atoms with Crippen LogP contribution in [0, 0.1) is 0 Å². The molecule has 4 rings (SSSR count). The summed E-state index contributed by atoms with van der Waals surface area (Å²) in [7, 11) is -3.08. The van der Waals surface area contributed by atoms with Crippen molar-refractivity contribution in [2.45, 2.75) is 43.9 Å². The van der Waals surface area contributed by atoms with E-state index < -0.39 is 9.84 Å². The maximum atomic E-state index is 13.2. The van der Waals surface area contributed by atoms with Crippen LogP contribution in [0.4, 0.5) is 11.5 Å². The van der Waals surface area contributed by atoms with Crippen LogP contribution in [0.3, 0.4) is 0 Å². The lowest BCUT2D eigenvalue weighted by Crippen LogP contribution is -2.47. The van der Waals surface area contributed by atoms with Gasteiger partial charge in [0.05, 0.1) is 22.8 Å². The Morgan fingerprint density at radius 3 is 2.58 bits per heavy atom. The second-order valence-electron chi connectivity index (χ2n) is 8.27. The molecule has 2 aromatic carbocycles. The van der Waals surface area contributed by atoms with Crippen molar-refractivity contribution in [3.63, 3.8) is 0 Å². The topological polar surface area (TPSA) is 92.3 Å². The first kappa shape index (κ1) is 23.5. The number of rotatable bonds is 8. The van der Waals surface area contributed by atoms with Gasteiger partial charge in [0.15, 0.2) is 15.0 Å². The Bertz CT molecular complexity index is 1230. The maximum Gasteiger partial charge on any atom is 0.233 e. The number of hydrogen-bond acceptors (Lipinski definition) is 7. The number of para-hydroxylation sites is 2. The largest absolute Gasteiger partial charge is 0.340 e. The van der Waals surface area contributed by atoms with Crippen molar-refractivity contribution >= 4 is 49.9 Å². The fraction of sp³-hybridized carbons (Fsp3) is 0.375. The average molecular weight is 485 g/mol. The van der Waals surface area contributed by atoms with E-state index in [2.05, 4.69) is 15.3 Å². The van der Waals surface area contributed by atoms with Gasteiger partial charge in [-0.3, -0.25) is 4.79 Å². The van der Waals surface area contributed by atoms with Gasteiger partial charge in [0.1, 0.15) is 5.82 Å². The predicted molar refractivity (Wildman–Crippen MR) is 134 cm³/mol. The number of anilines is 2. The van der Waals surface area contributed by atoms with Gasteiger partial charge in [-0.05, 0) is 44.0 Å². The van der Waals surface area contributed by atoms with Crippen molar-refractivity contribution in [3.8, 4) is 0 Å². The molecule has 1 saturated heterocycles. The van der Waals surface area contributed by atoms with E-state index in [1.54, 1.807) is 4.90 Å². The van der Waals surface area contributed by atoms with Crippen molar-refractivity contribution < 1.29 is 13.2 Å². The normalized spacial score (nSPS) is 18.2. The second-order valence-corrected chi connectivity index (χ2v) is 11.4. The van der Waals surface area contributed by atoms with Gasteiger partial charge in [0.2, 0.25) is 5.91 Å². The van der Waals surface area contributed by atoms with Gasteiger partial charge in [-0.2, -0.15) is 0 Å². The molecule has 0 bridgehead atoms. The Kier molecular flexibility index (Phi) is 7.19. The van der Waals surface area contributed by atoms with E-state index in [1.165, 1.54) is 11.8 Å². The summed E-state index contributed by atoms with van der Waals surface area (Å²) in [6.45, 7) is 3.98. The molecule has 1 aliphatic heterocycles. The highest BCUT2D eigenvalue weighted by atomic mass is 32.2. The van der Waals surface area contributed by atoms with Crippen molar-refractivity contribution in [3.05, 3.63) is 54.6 Å². The van der Waals surface area contributed by atoms with Crippen LogP contribution in [0.25, 0.3) is 10.9 Å². The monoisotopic (exact) mass is 484 g/mol. The van der Waals surface area contributed by atoms with E-state index in [-0.39, 0.29) is 35.2 Å². The summed E-state index contributed by atoms with van der Waals surface area (Å²) in [5.41, 5.74) is 1.71. The first-order chi connectivity index (χ1) is 15.9. The predicted octanol–water partition coefficient (Wildman–Crippen LogP) is 4.28. The highest BCUT2D eigenvalue weighted by molar-refractivity contribution is 7.99. The minimum atomic E-state index is -3.08. The molecule has 2 heterocycles. The lowest BCUT2D eigenvalue weighted by molar-refractivity contribution is -0.132. The van der Waals surface area contributed by atoms with Crippen LogP contribution in [-0.4, -0.2) is 58.5 Å². The molecule has 1 aliphatic rings. The third-order valence-electron chi connectivity index (χ3n) is 5.90. The number of aromatic nitrogens is 2. The SMILES string of the molecule is CC[C@H](C)N(C(=O)CSc1nc(Nc2ccccc2)c2ccccc2n1)[C@H]1CCS(=O)(=O)C1. The number of amides is 1. The minimum absolute atomic E-state index is 0.0239. The lowest BCUT2D eigenvalue weighted by atomic mass is 10.1. The summed E-state index contributed by atoms with van der Waals surface area (Å²) < 4.78 is 24.0. The molecule has 0 saturated carbocycles. The number of nitrogens with zero attached hydrogens (tertiary/aromatic N) is 3. The summed E-state index contributed by atoms with van der Waals surface area (Å²) in [5, 5.41) is 4.75. The molecule has 33 heavy (non-hydrogen) atoms. The molecule has 7 nitrogen and oxygen atoms in total. The van der Waals surface area contributed by atoms with E-state index in [4.69, 9.17) is 0 Å². The number of nitrogens with one attached hydrogen (secondary N) is 1. The number of hydrogen-bond donors (Lipinski definition) is 1. The molecule has 174 valence electrons. The molecule has 0 spiro atoms. The summed E-state index contributed by atoms with van der Waals surface area (Å²) in [4.78, 5) is 24.3. The zero-order valence-corrected chi connectivity index (χ0v) is 20.4. The van der Waals surface area contributed by atoms with Gasteiger partial charge in [-0.25, -0.2) is 18.4 Å². The summed E-state index contributed by atoms with van der Waals surface area (Å²) >= 11 is 1.28. The van der Waals surface area contributed by atoms with Crippen molar-refractivity contribution in [1.29, 1.82) is 0 Å². The first-order valence-electron chi connectivity index (χ1n) is 11.1. The quantitative estimate of drug-likeness (QED) is 0.377. The van der Waals surface area contributed by atoms with E-state index in [9.17, 15) is 13.2 Å². The van der Waals surface area contributed by atoms with Gasteiger partial charge in [-0.1, -0.05) is 49.0 Å². The third-order valence-corrected chi connectivity index (χ3v) is 8.48. The minimum Gasteiger partial charge on any atom is -0.340 e. The van der Waals surface area contributed by atoms with Crippen LogP contribution < -0.4 is 5.32 Å². The van der Waals surface area contributed by atoms with Gasteiger partial charge < -0.3 is 10.2 Å². The smallest absolute Gasteiger partial charge is 0.233 e. The maximum absolute atomic E-state index is 13.2. The van der Waals surface area contributed by atoms with Crippen LogP contribution in [0.1, 0.15) is 26.7 Å². The Morgan fingerprint density at radius 2 is 1.88 bits per heavy atom. The van der Waals surface area contributed by atoms with Crippen LogP contribution in [0.2, 0.25) is 0 Å². The molecule has 2 atom stereocenters. The van der Waals surface area contributed by atoms with E-state index in [1.807, 2.05) is 68.4 Å². The Hall–Kier alpha value is -2.65. The average Bonchev–Trinajstić information content (AvgIpc) is 3.17. The van der Waals surface area contributed by atoms with Crippen molar-refractivity contribution in [2.75, 3.05) is 22.6 Å². The molecular weight excluding hydrogens is 456 g/mol. The number of sulfone groups is 1. The molecule has 1 fully saturated rings. The molecular formula is C24H28N4O3S2. The van der Waals surface area contributed by atoms with Gasteiger partial charge in [0.25, 0.3) is 0 Å². The van der Waals surface area contributed by atoms with E-state index in [0.717, 1.165) is 23.0 Å². The van der Waals surface area contributed by atoms with E-state index in [0.29, 0.717) is 17.4 Å². The van der Waals surface area contributed by atoms with Crippen LogP contribution in [0.5, 0.6) is 0 Å². The molecule has 1 amide bonds. The Labute approximate surface area is 198 Å². The molecule has 3 aromatic rings. The van der Waals surface area contributed by atoms with Gasteiger partial charge in [0, 0.05) is 23.2 Å². The fourth-order valence-corrected chi connectivity index (χ4v) is 6.51. The number of thioether (sulfide) groups is 1. The zero-order chi connectivity index (χ0) is 23.4. The number of benzene rings is 2. The zero-order valence-electron chi connectivity index (χ0n) is 18.8. The Morgan fingerprint density at radius 1 is 1.15 bits per heavy atom. The number of fused-ring (bicyclic) bond motifs is 1. The van der Waals surface area contributed by atoms with Crippen molar-refractivity contribution in [1.82, 2.24) is 14.9 Å². The van der Waals surface area contributed by atoms with Crippen molar-refractivity contribution in [2.24, 2.45) is 0 Å². The third kappa shape index (κ3) is 5.65. The molecule has 1 aromatic heterocycles. The van der Waals surface area contributed by atoms with Gasteiger partial charge in [-0.15, -0.1) is 0 Å². The molecule has 0 radical (unpaired) electrons. The Balaban J connectivity index is 1.55. The van der Waals surface area contributed by atoms with Crippen LogP contribution >= 0.6 is 11.8 Å². The van der Waals surface area contributed by atoms with Crippen LogP contribution in [0.15, 0.2) is 59.8 Å². The molecule has 0 unspecified atom stereocenters. The molecule has 1 N–H and O–H groups in total. The summed E-state index contributed by atoms with van der Waals surface area (Å²) in [6.07, 6.45) is 1.27. The van der Waals surface area contributed by atoms with Crippen LogP contribution in [-0.2, 0) is 14.6 Å². The molecule has 0 aliphatic carbocycles. The number of carbonyl (C=O) groups excluding carboxylic acids is 1. The fourth-order valence-electron chi connectivity index (χ4n) is 4.07. The molecule has 9 heteroatoms. The summed E-state index contributed by atoms with van der Waals surface area (Å²) in [6, 6.07) is 17.3. The highest BCUT2D eigenvalue weighted by Gasteiger charge is 2.36. The van der Waals surface area contributed by atoms with Gasteiger partial charge >= 0.3 is 0 Å². The highest BCUT2D eigenvalue weighted by Crippen LogP contribution is 2.28. The number of carbonyl (C=O) groups is 1. The second kappa shape index (κ2) is 10.1. The standard InChI is InChI=1S/C24H28N4O3S2/c1-3-17(2)28(19-13-14-33(30,31)16-19)22(29)15-32-24-26-21-12-8-7-11-20(21)23(27-24)25-18-9-5-4-6-10-18/h4-12,17,19H,3,13-16H2,1-2H3,(H,25,26,27)/t17-,19-/m0/s1. The lowest BCUT2D eigenvalue weighted by Gasteiger charge is -2.33.